The van der Waals surface area contributed by atoms with Crippen LogP contribution in [0.25, 0.3) is 5.78 Å². The Bertz CT molecular complexity index is 571. The van der Waals surface area contributed by atoms with Crippen LogP contribution in [0.3, 0.4) is 0 Å². The van der Waals surface area contributed by atoms with E-state index in [1.54, 1.807) is 0 Å². The number of fused-ring (bicyclic) bond motifs is 1. The van der Waals surface area contributed by atoms with E-state index in [-0.39, 0.29) is 11.3 Å². The van der Waals surface area contributed by atoms with Crippen LogP contribution in [0.2, 0.25) is 0 Å². The number of nitrogens with one attached hydrogen (secondary N) is 2. The predicted octanol–water partition coefficient (Wildman–Crippen LogP) is -0.443. The summed E-state index contributed by atoms with van der Waals surface area (Å²) in [6, 6.07) is 0. The standard InChI is InChI=1S/C9H11N5O2/c1-2-3-10-7(15)6-4-11-9-12-5-13-14(9)8(6)16/h4-5H,2-3H2,1H3,(H,10,15)(H,11,12,13). The topological polar surface area (TPSA) is 92.2 Å². The Labute approximate surface area is 90.5 Å². The lowest BCUT2D eigenvalue weighted by Crippen LogP contribution is -2.32. The lowest BCUT2D eigenvalue weighted by Gasteiger charge is -2.01. The second-order valence-corrected chi connectivity index (χ2v) is 3.26. The molecule has 2 rings (SSSR count). The molecule has 16 heavy (non-hydrogen) atoms. The van der Waals surface area contributed by atoms with Gasteiger partial charge in [-0.1, -0.05) is 6.92 Å². The molecule has 2 aromatic rings. The Kier molecular flexibility index (Phi) is 2.67. The van der Waals surface area contributed by atoms with Gasteiger partial charge in [-0.3, -0.25) is 14.7 Å². The van der Waals surface area contributed by atoms with Gasteiger partial charge in [0.25, 0.3) is 17.2 Å². The predicted molar refractivity (Wildman–Crippen MR) is 56.2 cm³/mol. The molecule has 84 valence electrons. The fourth-order valence-corrected chi connectivity index (χ4v) is 1.29. The van der Waals surface area contributed by atoms with Gasteiger partial charge in [0.05, 0.1) is 0 Å². The molecule has 0 aliphatic carbocycles. The molecular weight excluding hydrogens is 210 g/mol. The van der Waals surface area contributed by atoms with Crippen molar-refractivity contribution in [3.05, 3.63) is 28.4 Å². The average molecular weight is 221 g/mol. The molecule has 1 amide bonds. The third-order valence-electron chi connectivity index (χ3n) is 2.09. The van der Waals surface area contributed by atoms with Crippen molar-refractivity contribution >= 4 is 11.7 Å². The summed E-state index contributed by atoms with van der Waals surface area (Å²) in [7, 11) is 0. The van der Waals surface area contributed by atoms with Gasteiger partial charge >= 0.3 is 0 Å². The fraction of sp³-hybridized carbons (Fsp3) is 0.333. The highest BCUT2D eigenvalue weighted by molar-refractivity contribution is 5.93. The zero-order valence-electron chi connectivity index (χ0n) is 8.73. The largest absolute Gasteiger partial charge is 0.352 e. The molecule has 0 saturated heterocycles. The van der Waals surface area contributed by atoms with Crippen LogP contribution in [0.5, 0.6) is 0 Å². The molecule has 2 aromatic heterocycles. The monoisotopic (exact) mass is 221 g/mol. The Hall–Kier alpha value is -2.18. The van der Waals surface area contributed by atoms with E-state index in [2.05, 4.69) is 20.4 Å². The van der Waals surface area contributed by atoms with Crippen molar-refractivity contribution < 1.29 is 4.79 Å². The minimum Gasteiger partial charge on any atom is -0.352 e. The smallest absolute Gasteiger partial charge is 0.286 e. The number of hydrogen-bond donors (Lipinski definition) is 2. The van der Waals surface area contributed by atoms with E-state index in [0.717, 1.165) is 10.9 Å². The SMILES string of the molecule is CCCNC(=O)c1cnc2nc[nH]n2c1=O. The second-order valence-electron chi connectivity index (χ2n) is 3.26. The van der Waals surface area contributed by atoms with E-state index in [1.165, 1.54) is 12.5 Å². The maximum atomic E-state index is 11.8. The minimum atomic E-state index is -0.448. The van der Waals surface area contributed by atoms with Gasteiger partial charge in [-0.2, -0.15) is 4.52 Å². The highest BCUT2D eigenvalue weighted by atomic mass is 16.2. The van der Waals surface area contributed by atoms with E-state index in [9.17, 15) is 9.59 Å². The number of carbonyl (C=O) groups is 1. The summed E-state index contributed by atoms with van der Waals surface area (Å²) in [5, 5.41) is 5.21. The summed E-state index contributed by atoms with van der Waals surface area (Å²) in [4.78, 5) is 31.1. The quantitative estimate of drug-likeness (QED) is 0.734. The molecule has 0 fully saturated rings. The van der Waals surface area contributed by atoms with Gasteiger partial charge in [0.1, 0.15) is 11.9 Å². The summed E-state index contributed by atoms with van der Waals surface area (Å²) in [5.74, 6) is -0.166. The van der Waals surface area contributed by atoms with Crippen LogP contribution in [0.1, 0.15) is 23.7 Å². The summed E-state index contributed by atoms with van der Waals surface area (Å²) in [5.41, 5.74) is -0.439. The summed E-state index contributed by atoms with van der Waals surface area (Å²) in [6.07, 6.45) is 3.40. The second kappa shape index (κ2) is 4.13. The summed E-state index contributed by atoms with van der Waals surface area (Å²) in [6.45, 7) is 2.47. The number of H-pyrrole nitrogens is 1. The molecule has 0 atom stereocenters. The van der Waals surface area contributed by atoms with Crippen molar-refractivity contribution in [2.45, 2.75) is 13.3 Å². The molecule has 2 N–H and O–H groups in total. The molecule has 0 spiro atoms. The Morgan fingerprint density at radius 1 is 1.56 bits per heavy atom. The van der Waals surface area contributed by atoms with E-state index < -0.39 is 11.5 Å². The van der Waals surface area contributed by atoms with Crippen LogP contribution in [-0.4, -0.2) is 32.0 Å². The highest BCUT2D eigenvalue weighted by Crippen LogP contribution is 1.92. The first-order valence-corrected chi connectivity index (χ1v) is 4.93. The summed E-state index contributed by atoms with van der Waals surface area (Å²) >= 11 is 0. The van der Waals surface area contributed by atoms with Gasteiger partial charge in [0.2, 0.25) is 0 Å². The molecule has 0 aliphatic rings. The number of amides is 1. The first-order chi connectivity index (χ1) is 7.74. The molecule has 0 bridgehead atoms. The first kappa shape index (κ1) is 10.3. The molecule has 0 aromatic carbocycles. The van der Waals surface area contributed by atoms with Crippen LogP contribution in [-0.2, 0) is 0 Å². The average Bonchev–Trinajstić information content (AvgIpc) is 2.75. The maximum absolute atomic E-state index is 11.8. The molecule has 0 aliphatic heterocycles. The van der Waals surface area contributed by atoms with Crippen molar-refractivity contribution in [1.82, 2.24) is 24.9 Å². The van der Waals surface area contributed by atoms with Crippen molar-refractivity contribution in [1.29, 1.82) is 0 Å². The van der Waals surface area contributed by atoms with E-state index in [1.807, 2.05) is 6.92 Å². The van der Waals surface area contributed by atoms with Gasteiger partial charge in [-0.25, -0.2) is 9.97 Å². The molecule has 0 saturated carbocycles. The third kappa shape index (κ3) is 1.67. The van der Waals surface area contributed by atoms with Crippen LogP contribution in [0.15, 0.2) is 17.3 Å². The maximum Gasteiger partial charge on any atom is 0.286 e. The molecule has 7 heteroatoms. The number of nitrogens with zero attached hydrogens (tertiary/aromatic N) is 3. The molecule has 2 heterocycles. The van der Waals surface area contributed by atoms with Crippen LogP contribution < -0.4 is 10.9 Å². The highest BCUT2D eigenvalue weighted by Gasteiger charge is 2.13. The van der Waals surface area contributed by atoms with E-state index in [4.69, 9.17) is 0 Å². The lowest BCUT2D eigenvalue weighted by atomic mass is 10.3. The van der Waals surface area contributed by atoms with Crippen LogP contribution in [0.4, 0.5) is 0 Å². The number of aromatic nitrogens is 4. The van der Waals surface area contributed by atoms with E-state index >= 15 is 0 Å². The van der Waals surface area contributed by atoms with Gasteiger partial charge in [0, 0.05) is 12.7 Å². The summed E-state index contributed by atoms with van der Waals surface area (Å²) < 4.78 is 1.13. The van der Waals surface area contributed by atoms with Crippen LogP contribution >= 0.6 is 0 Å². The third-order valence-corrected chi connectivity index (χ3v) is 2.09. The zero-order chi connectivity index (χ0) is 11.5. The fourth-order valence-electron chi connectivity index (χ4n) is 1.29. The number of aromatic amines is 1. The van der Waals surface area contributed by atoms with Crippen molar-refractivity contribution in [3.63, 3.8) is 0 Å². The van der Waals surface area contributed by atoms with Crippen molar-refractivity contribution in [2.75, 3.05) is 6.54 Å². The van der Waals surface area contributed by atoms with Gasteiger partial charge in [-0.05, 0) is 6.42 Å². The lowest BCUT2D eigenvalue weighted by molar-refractivity contribution is 0.0951. The Balaban J connectivity index is 2.41. The minimum absolute atomic E-state index is 0.00944. The van der Waals surface area contributed by atoms with Gasteiger partial charge in [-0.15, -0.1) is 0 Å². The van der Waals surface area contributed by atoms with Crippen molar-refractivity contribution in [3.8, 4) is 0 Å². The first-order valence-electron chi connectivity index (χ1n) is 4.93. The molecule has 0 unspecified atom stereocenters. The van der Waals surface area contributed by atoms with Crippen LogP contribution in [0, 0.1) is 0 Å². The molecule has 7 nitrogen and oxygen atoms in total. The Morgan fingerprint density at radius 2 is 2.38 bits per heavy atom. The van der Waals surface area contributed by atoms with E-state index in [0.29, 0.717) is 6.54 Å². The molecular formula is C9H11N5O2. The Morgan fingerprint density at radius 3 is 3.12 bits per heavy atom. The van der Waals surface area contributed by atoms with Crippen molar-refractivity contribution in [2.24, 2.45) is 0 Å². The van der Waals surface area contributed by atoms with Gasteiger partial charge in [0.15, 0.2) is 0 Å². The number of carbonyl (C=O) groups excluding carboxylic acids is 1. The normalized spacial score (nSPS) is 10.6. The molecule has 0 radical (unpaired) electrons. The number of rotatable bonds is 3. The van der Waals surface area contributed by atoms with Gasteiger partial charge < -0.3 is 5.32 Å². The zero-order valence-corrected chi connectivity index (χ0v) is 8.73. The number of hydrogen-bond acceptors (Lipinski definition) is 4.